The highest BCUT2D eigenvalue weighted by molar-refractivity contribution is 9.10. The summed E-state index contributed by atoms with van der Waals surface area (Å²) in [5, 5.41) is 0. The van der Waals surface area contributed by atoms with E-state index in [0.717, 1.165) is 5.56 Å². The van der Waals surface area contributed by atoms with E-state index in [-0.39, 0.29) is 5.82 Å². The molecule has 0 saturated carbocycles. The Hall–Kier alpha value is -1.82. The van der Waals surface area contributed by atoms with Crippen LogP contribution in [0, 0.1) is 5.82 Å². The largest absolute Gasteiger partial charge is 0.493 e. The molecule has 0 bridgehead atoms. The van der Waals surface area contributed by atoms with Gasteiger partial charge in [0.15, 0.2) is 23.1 Å². The van der Waals surface area contributed by atoms with Gasteiger partial charge in [0, 0.05) is 24.3 Å². The lowest BCUT2D eigenvalue weighted by Crippen LogP contribution is -2.19. The van der Waals surface area contributed by atoms with Gasteiger partial charge in [0.1, 0.15) is 0 Å². The summed E-state index contributed by atoms with van der Waals surface area (Å²) in [6.45, 7) is 0.506. The lowest BCUT2D eigenvalue weighted by Gasteiger charge is -2.19. The van der Waals surface area contributed by atoms with E-state index in [1.165, 1.54) is 6.07 Å². The number of ether oxygens (including phenoxy) is 2. The standard InChI is InChI=1S/C15H16BrFN2O2/c1-19(15-12(17)7-11(16)8-18-15)9-10-4-5-13(20-2)14(6-10)21-3/h4-8H,9H2,1-3H3. The molecule has 0 aliphatic rings. The molecule has 1 aromatic carbocycles. The van der Waals surface area contributed by atoms with Crippen LogP contribution in [0.5, 0.6) is 11.5 Å². The zero-order valence-corrected chi connectivity index (χ0v) is 13.6. The maximum atomic E-state index is 13.9. The van der Waals surface area contributed by atoms with Crippen LogP contribution >= 0.6 is 15.9 Å². The molecule has 2 aromatic rings. The van der Waals surface area contributed by atoms with Gasteiger partial charge in [-0.2, -0.15) is 0 Å². The Bertz CT molecular complexity index is 637. The highest BCUT2D eigenvalue weighted by Crippen LogP contribution is 2.28. The van der Waals surface area contributed by atoms with Gasteiger partial charge in [-0.05, 0) is 39.7 Å². The molecule has 0 spiro atoms. The Morgan fingerprint density at radius 1 is 1.19 bits per heavy atom. The molecule has 0 N–H and O–H groups in total. The summed E-state index contributed by atoms with van der Waals surface area (Å²) < 4.78 is 25.0. The number of pyridine rings is 1. The quantitative estimate of drug-likeness (QED) is 0.820. The first kappa shape index (κ1) is 15.6. The first-order valence-electron chi connectivity index (χ1n) is 6.28. The summed E-state index contributed by atoms with van der Waals surface area (Å²) in [6, 6.07) is 7.00. The van der Waals surface area contributed by atoms with E-state index in [1.807, 2.05) is 18.2 Å². The Kier molecular flexibility index (Phi) is 5.01. The maximum absolute atomic E-state index is 13.9. The number of hydrogen-bond donors (Lipinski definition) is 0. The number of hydrogen-bond acceptors (Lipinski definition) is 4. The smallest absolute Gasteiger partial charge is 0.166 e. The van der Waals surface area contributed by atoms with E-state index in [0.29, 0.717) is 28.3 Å². The van der Waals surface area contributed by atoms with Crippen molar-refractivity contribution >= 4 is 21.7 Å². The van der Waals surface area contributed by atoms with Gasteiger partial charge in [-0.3, -0.25) is 0 Å². The van der Waals surface area contributed by atoms with Crippen molar-refractivity contribution in [2.24, 2.45) is 0 Å². The van der Waals surface area contributed by atoms with Gasteiger partial charge in [-0.25, -0.2) is 9.37 Å². The third-order valence-electron chi connectivity index (χ3n) is 3.02. The molecule has 0 amide bonds. The van der Waals surface area contributed by atoms with Crippen LogP contribution in [-0.2, 0) is 6.54 Å². The highest BCUT2D eigenvalue weighted by Gasteiger charge is 2.12. The van der Waals surface area contributed by atoms with Crippen molar-refractivity contribution < 1.29 is 13.9 Å². The first-order valence-corrected chi connectivity index (χ1v) is 7.07. The van der Waals surface area contributed by atoms with Crippen molar-refractivity contribution in [3.8, 4) is 11.5 Å². The molecule has 0 aliphatic heterocycles. The third kappa shape index (κ3) is 3.64. The predicted octanol–water partition coefficient (Wildman–Crippen LogP) is 3.64. The van der Waals surface area contributed by atoms with Crippen LogP contribution in [0.3, 0.4) is 0 Å². The van der Waals surface area contributed by atoms with E-state index in [1.54, 1.807) is 32.4 Å². The lowest BCUT2D eigenvalue weighted by atomic mass is 10.2. The molecule has 0 fully saturated rings. The minimum absolute atomic E-state index is 0.299. The molecule has 1 aromatic heterocycles. The fourth-order valence-electron chi connectivity index (χ4n) is 2.02. The fraction of sp³-hybridized carbons (Fsp3) is 0.267. The molecule has 21 heavy (non-hydrogen) atoms. The van der Waals surface area contributed by atoms with Crippen molar-refractivity contribution in [1.29, 1.82) is 0 Å². The summed E-state index contributed by atoms with van der Waals surface area (Å²) in [4.78, 5) is 5.84. The van der Waals surface area contributed by atoms with Crippen molar-refractivity contribution in [2.75, 3.05) is 26.2 Å². The molecule has 1 heterocycles. The van der Waals surface area contributed by atoms with E-state index >= 15 is 0 Å². The van der Waals surface area contributed by atoms with Crippen LogP contribution in [-0.4, -0.2) is 26.3 Å². The number of aromatic nitrogens is 1. The van der Waals surface area contributed by atoms with Crippen molar-refractivity contribution in [3.63, 3.8) is 0 Å². The van der Waals surface area contributed by atoms with Crippen molar-refractivity contribution in [3.05, 3.63) is 46.3 Å². The average Bonchev–Trinajstić information content (AvgIpc) is 2.46. The van der Waals surface area contributed by atoms with Crippen molar-refractivity contribution in [2.45, 2.75) is 6.54 Å². The number of anilines is 1. The van der Waals surface area contributed by atoms with Gasteiger partial charge in [0.2, 0.25) is 0 Å². The number of methoxy groups -OCH3 is 2. The number of benzene rings is 1. The number of halogens is 2. The van der Waals surface area contributed by atoms with E-state index in [2.05, 4.69) is 20.9 Å². The molecule has 0 saturated heterocycles. The molecule has 0 atom stereocenters. The van der Waals surface area contributed by atoms with E-state index < -0.39 is 0 Å². The van der Waals surface area contributed by atoms with Gasteiger partial charge in [0.25, 0.3) is 0 Å². The fourth-order valence-corrected chi connectivity index (χ4v) is 2.32. The molecular formula is C15H16BrFN2O2. The third-order valence-corrected chi connectivity index (χ3v) is 3.45. The summed E-state index contributed by atoms with van der Waals surface area (Å²) >= 11 is 3.20. The zero-order chi connectivity index (χ0) is 15.4. The van der Waals surface area contributed by atoms with Crippen LogP contribution in [0.25, 0.3) is 0 Å². The molecule has 112 valence electrons. The Morgan fingerprint density at radius 2 is 1.90 bits per heavy atom. The van der Waals surface area contributed by atoms with Gasteiger partial charge in [-0.15, -0.1) is 0 Å². The van der Waals surface area contributed by atoms with Crippen LogP contribution in [0.2, 0.25) is 0 Å². The molecule has 0 radical (unpaired) electrons. The van der Waals surface area contributed by atoms with Gasteiger partial charge >= 0.3 is 0 Å². The number of nitrogens with zero attached hydrogens (tertiary/aromatic N) is 2. The predicted molar refractivity (Wildman–Crippen MR) is 83.5 cm³/mol. The van der Waals surface area contributed by atoms with E-state index in [9.17, 15) is 4.39 Å². The maximum Gasteiger partial charge on any atom is 0.166 e. The minimum Gasteiger partial charge on any atom is -0.493 e. The zero-order valence-electron chi connectivity index (χ0n) is 12.1. The van der Waals surface area contributed by atoms with Gasteiger partial charge in [-0.1, -0.05) is 6.07 Å². The molecular weight excluding hydrogens is 339 g/mol. The topological polar surface area (TPSA) is 34.6 Å². The van der Waals surface area contributed by atoms with E-state index in [4.69, 9.17) is 9.47 Å². The second kappa shape index (κ2) is 6.76. The van der Waals surface area contributed by atoms with Crippen LogP contribution in [0.4, 0.5) is 10.2 Å². The molecule has 0 aliphatic carbocycles. The van der Waals surface area contributed by atoms with Crippen LogP contribution in [0.15, 0.2) is 34.9 Å². The first-order chi connectivity index (χ1) is 10.0. The van der Waals surface area contributed by atoms with Crippen molar-refractivity contribution in [1.82, 2.24) is 4.98 Å². The summed E-state index contributed by atoms with van der Waals surface area (Å²) in [6.07, 6.45) is 1.57. The van der Waals surface area contributed by atoms with Gasteiger partial charge in [0.05, 0.1) is 14.2 Å². The summed E-state index contributed by atoms with van der Waals surface area (Å²) in [5.41, 5.74) is 0.972. The molecule has 2 rings (SSSR count). The van der Waals surface area contributed by atoms with Gasteiger partial charge < -0.3 is 14.4 Å². The van der Waals surface area contributed by atoms with Crippen LogP contribution < -0.4 is 14.4 Å². The SMILES string of the molecule is COc1ccc(CN(C)c2ncc(Br)cc2F)cc1OC. The Balaban J connectivity index is 2.21. The highest BCUT2D eigenvalue weighted by atomic mass is 79.9. The molecule has 6 heteroatoms. The monoisotopic (exact) mass is 354 g/mol. The average molecular weight is 355 g/mol. The normalized spacial score (nSPS) is 10.3. The second-order valence-corrected chi connectivity index (χ2v) is 5.42. The Morgan fingerprint density at radius 3 is 2.52 bits per heavy atom. The Labute approximate surface area is 131 Å². The van der Waals surface area contributed by atoms with Crippen LogP contribution in [0.1, 0.15) is 5.56 Å². The molecule has 0 unspecified atom stereocenters. The minimum atomic E-state index is -0.368. The number of rotatable bonds is 5. The second-order valence-electron chi connectivity index (χ2n) is 4.50. The summed E-state index contributed by atoms with van der Waals surface area (Å²) in [5.74, 6) is 1.24. The lowest BCUT2D eigenvalue weighted by molar-refractivity contribution is 0.354. The summed E-state index contributed by atoms with van der Waals surface area (Å²) in [7, 11) is 4.96. The molecule has 4 nitrogen and oxygen atoms in total.